The molecule has 3 aromatic rings. The van der Waals surface area contributed by atoms with Crippen LogP contribution >= 0.6 is 23.2 Å². The second-order valence-electron chi connectivity index (χ2n) is 6.09. The zero-order valence-electron chi connectivity index (χ0n) is 15.1. The lowest BCUT2D eigenvalue weighted by Crippen LogP contribution is -2.29. The van der Waals surface area contributed by atoms with Crippen molar-refractivity contribution >= 4 is 40.9 Å². The summed E-state index contributed by atoms with van der Waals surface area (Å²) in [6, 6.07) is 11.0. The van der Waals surface area contributed by atoms with Crippen molar-refractivity contribution in [2.24, 2.45) is 0 Å². The minimum Gasteiger partial charge on any atom is -0.336 e. The molecule has 1 amide bonds. The van der Waals surface area contributed by atoms with Crippen molar-refractivity contribution in [1.29, 1.82) is 0 Å². The average molecular weight is 420 g/mol. The lowest BCUT2D eigenvalue weighted by atomic mass is 10.1. The standard InChI is InChI=1S/C19H16Cl2FN5O/c1-12-23-24-25-27(12)17(10-13-6-8-15(22)9-7-13)19(28)26(2)11-14-4-3-5-16(20)18(14)21/h3-10H,11H2,1-2H3/b17-10-. The third-order valence-electron chi connectivity index (χ3n) is 4.03. The van der Waals surface area contributed by atoms with Crippen LogP contribution in [0.5, 0.6) is 0 Å². The van der Waals surface area contributed by atoms with Crippen molar-refractivity contribution in [3.8, 4) is 0 Å². The first-order valence-corrected chi connectivity index (χ1v) is 9.03. The number of nitrogens with zero attached hydrogens (tertiary/aromatic N) is 5. The van der Waals surface area contributed by atoms with Crippen LogP contribution in [-0.4, -0.2) is 38.1 Å². The van der Waals surface area contributed by atoms with Gasteiger partial charge in [-0.15, -0.1) is 5.10 Å². The predicted octanol–water partition coefficient (Wildman–Crippen LogP) is 4.08. The van der Waals surface area contributed by atoms with Gasteiger partial charge in [-0.25, -0.2) is 4.39 Å². The maximum absolute atomic E-state index is 13.2. The lowest BCUT2D eigenvalue weighted by molar-refractivity contribution is -0.124. The average Bonchev–Trinajstić information content (AvgIpc) is 3.10. The minimum absolute atomic E-state index is 0.217. The van der Waals surface area contributed by atoms with Crippen LogP contribution in [0.3, 0.4) is 0 Å². The Morgan fingerprint density at radius 2 is 1.93 bits per heavy atom. The van der Waals surface area contributed by atoms with E-state index in [2.05, 4.69) is 15.5 Å². The number of carbonyl (C=O) groups is 1. The molecule has 0 radical (unpaired) electrons. The summed E-state index contributed by atoms with van der Waals surface area (Å²) in [6.07, 6.45) is 1.60. The Morgan fingerprint density at radius 1 is 1.21 bits per heavy atom. The topological polar surface area (TPSA) is 63.9 Å². The third-order valence-corrected chi connectivity index (χ3v) is 4.89. The van der Waals surface area contributed by atoms with Crippen molar-refractivity contribution in [1.82, 2.24) is 25.1 Å². The van der Waals surface area contributed by atoms with Gasteiger partial charge in [-0.2, -0.15) is 4.68 Å². The number of amides is 1. The molecule has 0 bridgehead atoms. The number of hydrogen-bond donors (Lipinski definition) is 0. The van der Waals surface area contributed by atoms with Crippen LogP contribution < -0.4 is 0 Å². The summed E-state index contributed by atoms with van der Waals surface area (Å²) < 4.78 is 14.5. The maximum Gasteiger partial charge on any atom is 0.272 e. The Bertz CT molecular complexity index is 1030. The van der Waals surface area contributed by atoms with Gasteiger partial charge >= 0.3 is 0 Å². The van der Waals surface area contributed by atoms with Crippen LogP contribution in [0.2, 0.25) is 10.0 Å². The van der Waals surface area contributed by atoms with Crippen LogP contribution in [0, 0.1) is 12.7 Å². The Balaban J connectivity index is 1.95. The molecule has 3 rings (SSSR count). The molecule has 6 nitrogen and oxygen atoms in total. The molecule has 2 aromatic carbocycles. The van der Waals surface area contributed by atoms with Crippen molar-refractivity contribution in [2.75, 3.05) is 7.05 Å². The van der Waals surface area contributed by atoms with Crippen molar-refractivity contribution in [3.63, 3.8) is 0 Å². The highest BCUT2D eigenvalue weighted by Crippen LogP contribution is 2.27. The van der Waals surface area contributed by atoms with E-state index in [9.17, 15) is 9.18 Å². The second kappa shape index (κ2) is 8.50. The normalized spacial score (nSPS) is 11.5. The molecular weight excluding hydrogens is 404 g/mol. The number of aryl methyl sites for hydroxylation is 1. The summed E-state index contributed by atoms with van der Waals surface area (Å²) in [5.41, 5.74) is 1.56. The molecule has 0 aliphatic carbocycles. The third kappa shape index (κ3) is 4.37. The molecule has 0 atom stereocenters. The number of tetrazole rings is 1. The molecule has 144 valence electrons. The number of likely N-dealkylation sites (N-methyl/N-ethyl adjacent to an activating group) is 1. The summed E-state index contributed by atoms with van der Waals surface area (Å²) in [4.78, 5) is 14.6. The lowest BCUT2D eigenvalue weighted by Gasteiger charge is -2.20. The van der Waals surface area contributed by atoms with Crippen LogP contribution in [0.1, 0.15) is 17.0 Å². The van der Waals surface area contributed by atoms with Crippen molar-refractivity contribution in [3.05, 3.63) is 75.3 Å². The van der Waals surface area contributed by atoms with Gasteiger partial charge in [0.15, 0.2) is 5.82 Å². The van der Waals surface area contributed by atoms with Gasteiger partial charge in [-0.1, -0.05) is 47.5 Å². The molecule has 0 N–H and O–H groups in total. The highest BCUT2D eigenvalue weighted by molar-refractivity contribution is 6.42. The van der Waals surface area contributed by atoms with E-state index in [1.165, 1.54) is 21.7 Å². The maximum atomic E-state index is 13.2. The molecule has 0 spiro atoms. The Hall–Kier alpha value is -2.77. The Labute approximate surface area is 171 Å². The van der Waals surface area contributed by atoms with E-state index in [0.717, 1.165) is 0 Å². The van der Waals surface area contributed by atoms with E-state index < -0.39 is 0 Å². The summed E-state index contributed by atoms with van der Waals surface area (Å²) in [5.74, 6) is -0.261. The molecule has 28 heavy (non-hydrogen) atoms. The largest absolute Gasteiger partial charge is 0.336 e. The van der Waals surface area contributed by atoms with Gasteiger partial charge in [-0.05, 0) is 52.8 Å². The molecule has 0 unspecified atom stereocenters. The van der Waals surface area contributed by atoms with E-state index in [1.807, 2.05) is 0 Å². The SMILES string of the molecule is Cc1nnnn1/C(=C\c1ccc(F)cc1)C(=O)N(C)Cc1cccc(Cl)c1Cl. The van der Waals surface area contributed by atoms with Crippen molar-refractivity contribution < 1.29 is 9.18 Å². The molecule has 0 saturated carbocycles. The van der Waals surface area contributed by atoms with Crippen LogP contribution in [0.25, 0.3) is 11.8 Å². The predicted molar refractivity (Wildman–Crippen MR) is 106 cm³/mol. The molecule has 9 heteroatoms. The molecule has 0 aliphatic heterocycles. The Morgan fingerprint density at radius 3 is 2.57 bits per heavy atom. The Kier molecular flexibility index (Phi) is 6.06. The van der Waals surface area contributed by atoms with Gasteiger partial charge < -0.3 is 4.90 Å². The molecule has 0 aliphatic rings. The first kappa shape index (κ1) is 20.0. The van der Waals surface area contributed by atoms with Crippen molar-refractivity contribution in [2.45, 2.75) is 13.5 Å². The highest BCUT2D eigenvalue weighted by atomic mass is 35.5. The number of hydrogen-bond acceptors (Lipinski definition) is 4. The smallest absolute Gasteiger partial charge is 0.272 e. The molecule has 1 heterocycles. The van der Waals surface area contributed by atoms with E-state index in [1.54, 1.807) is 50.4 Å². The zero-order chi connectivity index (χ0) is 20.3. The van der Waals surface area contributed by atoms with Crippen LogP contribution in [-0.2, 0) is 11.3 Å². The summed E-state index contributed by atoms with van der Waals surface area (Å²) in [5, 5.41) is 12.1. The zero-order valence-corrected chi connectivity index (χ0v) is 16.6. The minimum atomic E-state index is -0.364. The number of benzene rings is 2. The van der Waals surface area contributed by atoms with Gasteiger partial charge in [0.25, 0.3) is 5.91 Å². The number of halogens is 3. The first-order valence-electron chi connectivity index (χ1n) is 8.28. The molecule has 0 fully saturated rings. The summed E-state index contributed by atoms with van der Waals surface area (Å²) in [6.45, 7) is 1.92. The van der Waals surface area contributed by atoms with E-state index in [0.29, 0.717) is 27.0 Å². The van der Waals surface area contributed by atoms with E-state index >= 15 is 0 Å². The quantitative estimate of drug-likeness (QED) is 0.584. The fourth-order valence-corrected chi connectivity index (χ4v) is 2.96. The van der Waals surface area contributed by atoms with Gasteiger partial charge in [-0.3, -0.25) is 4.79 Å². The van der Waals surface area contributed by atoms with Gasteiger partial charge in [0.2, 0.25) is 0 Å². The summed E-state index contributed by atoms with van der Waals surface area (Å²) in [7, 11) is 1.64. The highest BCUT2D eigenvalue weighted by Gasteiger charge is 2.21. The second-order valence-corrected chi connectivity index (χ2v) is 6.88. The van der Waals surface area contributed by atoms with Crippen LogP contribution in [0.4, 0.5) is 4.39 Å². The number of rotatable bonds is 5. The van der Waals surface area contributed by atoms with Gasteiger partial charge in [0, 0.05) is 13.6 Å². The first-order chi connectivity index (χ1) is 13.4. The molecular formula is C19H16Cl2FN5O. The fourth-order valence-electron chi connectivity index (χ4n) is 2.58. The van der Waals surface area contributed by atoms with Gasteiger partial charge in [0.05, 0.1) is 10.0 Å². The van der Waals surface area contributed by atoms with E-state index in [4.69, 9.17) is 23.2 Å². The summed E-state index contributed by atoms with van der Waals surface area (Å²) >= 11 is 12.3. The number of aromatic nitrogens is 4. The molecule has 1 aromatic heterocycles. The van der Waals surface area contributed by atoms with Crippen LogP contribution in [0.15, 0.2) is 42.5 Å². The monoisotopic (exact) mass is 419 g/mol. The number of carbonyl (C=O) groups excluding carboxylic acids is 1. The fraction of sp³-hybridized carbons (Fsp3) is 0.158. The van der Waals surface area contributed by atoms with Gasteiger partial charge in [0.1, 0.15) is 11.5 Å². The van der Waals surface area contributed by atoms with E-state index in [-0.39, 0.29) is 24.0 Å². The molecule has 0 saturated heterocycles.